The molecule has 0 atom stereocenters. The number of rotatable bonds is 2. The highest BCUT2D eigenvalue weighted by molar-refractivity contribution is 9.10. The zero-order valence-corrected chi connectivity index (χ0v) is 19.2. The maximum absolute atomic E-state index is 13.1. The summed E-state index contributed by atoms with van der Waals surface area (Å²) in [6.07, 6.45) is 1.75. The van der Waals surface area contributed by atoms with Gasteiger partial charge in [0.25, 0.3) is 5.49 Å². The van der Waals surface area contributed by atoms with Gasteiger partial charge in [0.1, 0.15) is 22.2 Å². The van der Waals surface area contributed by atoms with Gasteiger partial charge in [0.05, 0.1) is 0 Å². The van der Waals surface area contributed by atoms with Gasteiger partial charge in [-0.2, -0.15) is 10.5 Å². The van der Waals surface area contributed by atoms with Crippen LogP contribution in [0.1, 0.15) is 16.7 Å². The number of fused-ring (bicyclic) bond motifs is 1. The largest absolute Gasteiger partial charge is 0.357 e. The molecular formula is C22H11Br2N4OS+. The first kappa shape index (κ1) is 20.2. The quantitative estimate of drug-likeness (QED) is 0.425. The van der Waals surface area contributed by atoms with Crippen LogP contribution in [0.3, 0.4) is 0 Å². The van der Waals surface area contributed by atoms with Gasteiger partial charge in [-0.05, 0) is 41.5 Å². The summed E-state index contributed by atoms with van der Waals surface area (Å²) in [5, 5.41) is 26.0. The Balaban J connectivity index is 2.12. The van der Waals surface area contributed by atoms with E-state index in [4.69, 9.17) is 5.41 Å². The number of benzene rings is 2. The summed E-state index contributed by atoms with van der Waals surface area (Å²) >= 11 is 7.96. The number of pyridine rings is 1. The SMILES string of the molecule is N#Cc1c(-c2ccc(Br)cc2)c(C#N)c2s/c(=C\c3ccc(Br)cc3)c(=O)n2c1=[NH2+]. The van der Waals surface area contributed by atoms with Gasteiger partial charge >= 0.3 is 5.56 Å². The van der Waals surface area contributed by atoms with Crippen LogP contribution in [0.2, 0.25) is 0 Å². The molecule has 144 valence electrons. The summed E-state index contributed by atoms with van der Waals surface area (Å²) in [6, 6.07) is 19.0. The highest BCUT2D eigenvalue weighted by atomic mass is 79.9. The zero-order chi connectivity index (χ0) is 21.4. The maximum atomic E-state index is 13.1. The van der Waals surface area contributed by atoms with E-state index in [1.54, 1.807) is 18.2 Å². The molecule has 8 heteroatoms. The molecule has 0 aliphatic rings. The Morgan fingerprint density at radius 2 is 1.50 bits per heavy atom. The van der Waals surface area contributed by atoms with E-state index < -0.39 is 0 Å². The van der Waals surface area contributed by atoms with Gasteiger partial charge in [0.2, 0.25) is 4.83 Å². The van der Waals surface area contributed by atoms with Crippen molar-refractivity contribution in [3.63, 3.8) is 0 Å². The summed E-state index contributed by atoms with van der Waals surface area (Å²) in [4.78, 5) is 13.5. The molecule has 0 aliphatic carbocycles. The fraction of sp³-hybridized carbons (Fsp3) is 0. The van der Waals surface area contributed by atoms with Crippen molar-refractivity contribution in [2.24, 2.45) is 0 Å². The normalized spacial score (nSPS) is 11.4. The molecule has 0 radical (unpaired) electrons. The summed E-state index contributed by atoms with van der Waals surface area (Å²) in [5.74, 6) is 0. The van der Waals surface area contributed by atoms with Crippen LogP contribution in [0, 0.1) is 22.7 Å². The van der Waals surface area contributed by atoms with E-state index in [9.17, 15) is 15.3 Å². The first-order valence-corrected chi connectivity index (χ1v) is 11.0. The smallest absolute Gasteiger partial charge is 0.285 e. The minimum atomic E-state index is -0.356. The van der Waals surface area contributed by atoms with E-state index in [0.29, 0.717) is 20.5 Å². The standard InChI is InChI=1S/C22H10Br2N4OS/c23-14-5-1-12(2-6-14)9-18-21(29)28-20(27)16(10-25)19(17(11-26)22(28)30-18)13-3-7-15(24)8-4-13/h1-9,27H/p+1/b18-9-,27-20?. The number of thiazole rings is 1. The van der Waals surface area contributed by atoms with E-state index in [1.807, 2.05) is 36.4 Å². The lowest BCUT2D eigenvalue weighted by molar-refractivity contribution is -0.180. The molecule has 5 nitrogen and oxygen atoms in total. The molecule has 4 aromatic rings. The van der Waals surface area contributed by atoms with Gasteiger partial charge in [0, 0.05) is 14.5 Å². The lowest BCUT2D eigenvalue weighted by Crippen LogP contribution is -2.54. The van der Waals surface area contributed by atoms with Crippen LogP contribution in [0.25, 0.3) is 22.0 Å². The highest BCUT2D eigenvalue weighted by Crippen LogP contribution is 2.29. The Bertz CT molecular complexity index is 1550. The number of nitrogens with two attached hydrogens (primary N) is 1. The van der Waals surface area contributed by atoms with Crippen LogP contribution < -0.4 is 21.0 Å². The van der Waals surface area contributed by atoms with Crippen molar-refractivity contribution in [1.82, 2.24) is 4.40 Å². The maximum Gasteiger partial charge on any atom is 0.357 e. The minimum absolute atomic E-state index is 0.0288. The van der Waals surface area contributed by atoms with Gasteiger partial charge in [-0.15, -0.1) is 4.40 Å². The second kappa shape index (κ2) is 8.00. The Hall–Kier alpha value is -3.04. The molecule has 4 rings (SSSR count). The molecule has 0 bridgehead atoms. The Morgan fingerprint density at radius 1 is 0.933 bits per heavy atom. The summed E-state index contributed by atoms with van der Waals surface area (Å²) in [7, 11) is 0. The van der Waals surface area contributed by atoms with Crippen LogP contribution in [0.5, 0.6) is 0 Å². The van der Waals surface area contributed by atoms with Crippen LogP contribution in [0.15, 0.2) is 62.3 Å². The minimum Gasteiger partial charge on any atom is -0.285 e. The van der Waals surface area contributed by atoms with Crippen molar-refractivity contribution in [3.05, 3.63) is 94.5 Å². The number of hydrogen-bond donors (Lipinski definition) is 1. The predicted molar refractivity (Wildman–Crippen MR) is 122 cm³/mol. The molecule has 0 saturated heterocycles. The molecule has 2 aromatic carbocycles. The molecule has 2 heterocycles. The highest BCUT2D eigenvalue weighted by Gasteiger charge is 2.25. The third kappa shape index (κ3) is 3.40. The number of halogens is 2. The number of hydrogen-bond acceptors (Lipinski definition) is 4. The molecule has 0 fully saturated rings. The van der Waals surface area contributed by atoms with Crippen molar-refractivity contribution >= 4 is 54.1 Å². The molecular weight excluding hydrogens is 528 g/mol. The summed E-state index contributed by atoms with van der Waals surface area (Å²) in [6.45, 7) is 0. The Labute approximate surface area is 191 Å². The van der Waals surface area contributed by atoms with E-state index in [-0.39, 0.29) is 22.2 Å². The topological polar surface area (TPSA) is 94.7 Å². The second-order valence-corrected chi connectivity index (χ2v) is 9.21. The molecule has 0 amide bonds. The molecule has 2 N–H and O–H groups in total. The molecule has 2 aromatic heterocycles. The van der Waals surface area contributed by atoms with Crippen LogP contribution in [-0.2, 0) is 0 Å². The third-order valence-corrected chi connectivity index (χ3v) is 6.71. The predicted octanol–water partition coefficient (Wildman–Crippen LogP) is 2.50. The Kier molecular flexibility index (Phi) is 5.40. The van der Waals surface area contributed by atoms with Gasteiger partial charge in [0.15, 0.2) is 5.56 Å². The number of nitriles is 2. The summed E-state index contributed by atoms with van der Waals surface area (Å²) < 4.78 is 3.49. The van der Waals surface area contributed by atoms with Crippen molar-refractivity contribution in [2.45, 2.75) is 0 Å². The number of nitrogens with zero attached hydrogens (tertiary/aromatic N) is 3. The van der Waals surface area contributed by atoms with Crippen LogP contribution in [0.4, 0.5) is 0 Å². The van der Waals surface area contributed by atoms with Crippen molar-refractivity contribution in [2.75, 3.05) is 0 Å². The first-order valence-electron chi connectivity index (χ1n) is 8.62. The van der Waals surface area contributed by atoms with Gasteiger partial charge in [-0.25, -0.2) is 4.79 Å². The summed E-state index contributed by atoms with van der Waals surface area (Å²) in [5.41, 5.74) is 1.98. The molecule has 0 unspecified atom stereocenters. The molecule has 0 spiro atoms. The average molecular weight is 539 g/mol. The first-order chi connectivity index (χ1) is 14.4. The zero-order valence-electron chi connectivity index (χ0n) is 15.2. The van der Waals surface area contributed by atoms with Crippen LogP contribution in [-0.4, -0.2) is 4.40 Å². The van der Waals surface area contributed by atoms with Gasteiger partial charge in [-0.3, -0.25) is 5.41 Å². The molecule has 30 heavy (non-hydrogen) atoms. The fourth-order valence-electron chi connectivity index (χ4n) is 3.17. The van der Waals surface area contributed by atoms with Crippen molar-refractivity contribution < 1.29 is 5.41 Å². The van der Waals surface area contributed by atoms with Crippen molar-refractivity contribution in [3.8, 4) is 23.3 Å². The van der Waals surface area contributed by atoms with Crippen LogP contribution >= 0.6 is 43.2 Å². The average Bonchev–Trinajstić information content (AvgIpc) is 3.06. The van der Waals surface area contributed by atoms with E-state index in [1.165, 1.54) is 15.7 Å². The van der Waals surface area contributed by atoms with Gasteiger partial charge < -0.3 is 0 Å². The van der Waals surface area contributed by atoms with Gasteiger partial charge in [-0.1, -0.05) is 67.5 Å². The second-order valence-electron chi connectivity index (χ2n) is 6.35. The van der Waals surface area contributed by atoms with Crippen molar-refractivity contribution in [1.29, 1.82) is 10.5 Å². The van der Waals surface area contributed by atoms with E-state index >= 15 is 0 Å². The lowest BCUT2D eigenvalue weighted by atomic mass is 9.97. The lowest BCUT2D eigenvalue weighted by Gasteiger charge is -2.06. The van der Waals surface area contributed by atoms with E-state index in [2.05, 4.69) is 44.0 Å². The molecule has 0 saturated carbocycles. The number of aromatic nitrogens is 1. The molecule has 0 aliphatic heterocycles. The fourth-order valence-corrected chi connectivity index (χ4v) is 4.81. The Morgan fingerprint density at radius 3 is 2.07 bits per heavy atom. The monoisotopic (exact) mass is 537 g/mol. The third-order valence-electron chi connectivity index (χ3n) is 4.56. The van der Waals surface area contributed by atoms with E-state index in [0.717, 1.165) is 14.5 Å².